The number of hydrogen-bond acceptors (Lipinski definition) is 3. The van der Waals surface area contributed by atoms with Gasteiger partial charge >= 0.3 is 0 Å². The van der Waals surface area contributed by atoms with E-state index in [9.17, 15) is 17.6 Å². The van der Waals surface area contributed by atoms with Crippen molar-refractivity contribution in [3.63, 3.8) is 0 Å². The van der Waals surface area contributed by atoms with Crippen LogP contribution in [0.3, 0.4) is 0 Å². The van der Waals surface area contributed by atoms with Crippen molar-refractivity contribution in [3.05, 3.63) is 99.9 Å². The number of fused-ring (bicyclic) bond motifs is 1. The first-order valence-corrected chi connectivity index (χ1v) is 12.3. The molecule has 4 rings (SSSR count). The molecule has 0 radical (unpaired) electrons. The number of sulfonamides is 1. The van der Waals surface area contributed by atoms with Crippen LogP contribution >= 0.6 is 0 Å². The number of anilines is 1. The molecule has 0 aliphatic carbocycles. The lowest BCUT2D eigenvalue weighted by atomic mass is 9.91. The maximum absolute atomic E-state index is 13.1. The third-order valence-electron chi connectivity index (χ3n) is 5.84. The van der Waals surface area contributed by atoms with Crippen LogP contribution in [0.5, 0.6) is 0 Å². The van der Waals surface area contributed by atoms with Gasteiger partial charge in [0.1, 0.15) is 5.82 Å². The number of nitrogens with one attached hydrogen (secondary N) is 1. The van der Waals surface area contributed by atoms with Gasteiger partial charge in [-0.15, -0.1) is 0 Å². The van der Waals surface area contributed by atoms with Crippen molar-refractivity contribution in [2.45, 2.75) is 26.3 Å². The Balaban J connectivity index is 1.56. The van der Waals surface area contributed by atoms with E-state index in [1.54, 1.807) is 0 Å². The van der Waals surface area contributed by atoms with Crippen LogP contribution in [0.2, 0.25) is 0 Å². The molecule has 32 heavy (non-hydrogen) atoms. The number of hydrogen-bond donors (Lipinski definition) is 1. The van der Waals surface area contributed by atoms with Crippen LogP contribution in [0, 0.1) is 12.7 Å². The minimum absolute atomic E-state index is 0.241. The van der Waals surface area contributed by atoms with E-state index in [4.69, 9.17) is 0 Å². The standard InChI is InChI=1S/C25H25FN2O3S/c1-17-6-7-18(15-24(17)25(29)27-22-10-8-21(26)9-11-22)14-19-4-3-5-20-16-28(32(2,30)31)13-12-23(19)20/h3-11,15H,12-14,16H2,1-2H3,(H,27,29). The molecule has 0 saturated heterocycles. The van der Waals surface area contributed by atoms with Gasteiger partial charge in [-0.05, 0) is 77.9 Å². The first-order chi connectivity index (χ1) is 15.2. The molecule has 1 heterocycles. The zero-order chi connectivity index (χ0) is 22.9. The lowest BCUT2D eigenvalue weighted by molar-refractivity contribution is 0.102. The van der Waals surface area contributed by atoms with Crippen molar-refractivity contribution in [1.82, 2.24) is 4.31 Å². The second kappa shape index (κ2) is 8.84. The second-order valence-corrected chi connectivity index (χ2v) is 10.2. The van der Waals surface area contributed by atoms with Crippen LogP contribution < -0.4 is 5.32 Å². The quantitative estimate of drug-likeness (QED) is 0.628. The highest BCUT2D eigenvalue weighted by Crippen LogP contribution is 2.26. The third-order valence-corrected chi connectivity index (χ3v) is 7.09. The average Bonchev–Trinajstić information content (AvgIpc) is 2.76. The van der Waals surface area contributed by atoms with Gasteiger partial charge in [0.05, 0.1) is 6.26 Å². The fraction of sp³-hybridized carbons (Fsp3) is 0.240. The summed E-state index contributed by atoms with van der Waals surface area (Å²) in [5.41, 5.74) is 6.31. The summed E-state index contributed by atoms with van der Waals surface area (Å²) in [6.07, 6.45) is 2.56. The van der Waals surface area contributed by atoms with E-state index in [1.165, 1.54) is 40.4 Å². The van der Waals surface area contributed by atoms with Crippen molar-refractivity contribution in [2.24, 2.45) is 0 Å². The van der Waals surface area contributed by atoms with E-state index in [0.717, 1.165) is 22.3 Å². The van der Waals surface area contributed by atoms with Crippen LogP contribution in [0.25, 0.3) is 0 Å². The summed E-state index contributed by atoms with van der Waals surface area (Å²) in [7, 11) is -3.22. The highest BCUT2D eigenvalue weighted by atomic mass is 32.2. The summed E-state index contributed by atoms with van der Waals surface area (Å²) in [4.78, 5) is 12.8. The predicted molar refractivity (Wildman–Crippen MR) is 124 cm³/mol. The normalized spacial score (nSPS) is 14.1. The SMILES string of the molecule is Cc1ccc(Cc2cccc3c2CCN(S(C)(=O)=O)C3)cc1C(=O)Nc1ccc(F)cc1. The van der Waals surface area contributed by atoms with E-state index in [-0.39, 0.29) is 11.7 Å². The van der Waals surface area contributed by atoms with Crippen LogP contribution in [0.4, 0.5) is 10.1 Å². The Morgan fingerprint density at radius 2 is 1.84 bits per heavy atom. The molecule has 0 saturated carbocycles. The average molecular weight is 453 g/mol. The summed E-state index contributed by atoms with van der Waals surface area (Å²) in [6, 6.07) is 17.5. The smallest absolute Gasteiger partial charge is 0.255 e. The van der Waals surface area contributed by atoms with E-state index >= 15 is 0 Å². The van der Waals surface area contributed by atoms with Crippen LogP contribution in [0.15, 0.2) is 60.7 Å². The molecule has 166 valence electrons. The van der Waals surface area contributed by atoms with E-state index in [0.29, 0.717) is 37.2 Å². The lowest BCUT2D eigenvalue weighted by Gasteiger charge is -2.28. The minimum atomic E-state index is -3.22. The molecule has 0 unspecified atom stereocenters. The molecular formula is C25H25FN2O3S. The van der Waals surface area contributed by atoms with Gasteiger partial charge in [-0.1, -0.05) is 30.3 Å². The zero-order valence-electron chi connectivity index (χ0n) is 18.1. The Hall–Kier alpha value is -3.03. The highest BCUT2D eigenvalue weighted by Gasteiger charge is 2.24. The Morgan fingerprint density at radius 3 is 2.56 bits per heavy atom. The number of aryl methyl sites for hydroxylation is 1. The number of rotatable bonds is 5. The van der Waals surface area contributed by atoms with Crippen LogP contribution in [0.1, 0.15) is 38.2 Å². The molecule has 0 bridgehead atoms. The van der Waals surface area contributed by atoms with Gasteiger partial charge in [-0.25, -0.2) is 12.8 Å². The summed E-state index contributed by atoms with van der Waals surface area (Å²) in [6.45, 7) is 2.75. The van der Waals surface area contributed by atoms with Gasteiger partial charge in [-0.2, -0.15) is 4.31 Å². The molecular weight excluding hydrogens is 427 g/mol. The van der Waals surface area contributed by atoms with Crippen molar-refractivity contribution >= 4 is 21.6 Å². The molecule has 0 fully saturated rings. The van der Waals surface area contributed by atoms with Crippen molar-refractivity contribution in [3.8, 4) is 0 Å². The lowest BCUT2D eigenvalue weighted by Crippen LogP contribution is -2.35. The maximum Gasteiger partial charge on any atom is 0.255 e. The number of carbonyl (C=O) groups excluding carboxylic acids is 1. The van der Waals surface area contributed by atoms with E-state index in [2.05, 4.69) is 11.4 Å². The predicted octanol–water partition coefficient (Wildman–Crippen LogP) is 4.29. The Morgan fingerprint density at radius 1 is 1.09 bits per heavy atom. The molecule has 1 N–H and O–H groups in total. The first kappa shape index (κ1) is 22.2. The number of halogens is 1. The van der Waals surface area contributed by atoms with Crippen molar-refractivity contribution < 1.29 is 17.6 Å². The molecule has 3 aromatic rings. The molecule has 1 aliphatic heterocycles. The molecule has 3 aromatic carbocycles. The zero-order valence-corrected chi connectivity index (χ0v) is 18.9. The molecule has 1 amide bonds. The van der Waals surface area contributed by atoms with Gasteiger partial charge in [0, 0.05) is 24.3 Å². The largest absolute Gasteiger partial charge is 0.322 e. The Kier molecular flexibility index (Phi) is 6.13. The number of benzene rings is 3. The molecule has 0 aromatic heterocycles. The molecule has 7 heteroatoms. The molecule has 0 atom stereocenters. The molecule has 5 nitrogen and oxygen atoms in total. The number of carbonyl (C=O) groups is 1. The van der Waals surface area contributed by atoms with Gasteiger partial charge < -0.3 is 5.32 Å². The molecule has 0 spiro atoms. The Bertz CT molecular complexity index is 1270. The van der Waals surface area contributed by atoms with Gasteiger partial charge in [0.2, 0.25) is 10.0 Å². The first-order valence-electron chi connectivity index (χ1n) is 10.4. The van der Waals surface area contributed by atoms with Gasteiger partial charge in [0.15, 0.2) is 0 Å². The number of nitrogens with zero attached hydrogens (tertiary/aromatic N) is 1. The second-order valence-electron chi connectivity index (χ2n) is 8.19. The summed E-state index contributed by atoms with van der Waals surface area (Å²) in [5, 5.41) is 2.82. The summed E-state index contributed by atoms with van der Waals surface area (Å²) in [5.74, 6) is -0.595. The van der Waals surface area contributed by atoms with Crippen molar-refractivity contribution in [1.29, 1.82) is 0 Å². The fourth-order valence-corrected chi connectivity index (χ4v) is 4.88. The van der Waals surface area contributed by atoms with Crippen molar-refractivity contribution in [2.75, 3.05) is 18.1 Å². The van der Waals surface area contributed by atoms with Crippen LogP contribution in [-0.2, 0) is 29.4 Å². The fourth-order valence-electron chi connectivity index (χ4n) is 4.09. The highest BCUT2D eigenvalue weighted by molar-refractivity contribution is 7.88. The summed E-state index contributed by atoms with van der Waals surface area (Å²) >= 11 is 0. The topological polar surface area (TPSA) is 66.5 Å². The van der Waals surface area contributed by atoms with E-state index in [1.807, 2.05) is 37.3 Å². The Labute approximate surface area is 187 Å². The van der Waals surface area contributed by atoms with E-state index < -0.39 is 10.0 Å². The minimum Gasteiger partial charge on any atom is -0.322 e. The monoisotopic (exact) mass is 452 g/mol. The summed E-state index contributed by atoms with van der Waals surface area (Å²) < 4.78 is 38.5. The van der Waals surface area contributed by atoms with Gasteiger partial charge in [0.25, 0.3) is 5.91 Å². The van der Waals surface area contributed by atoms with Gasteiger partial charge in [-0.3, -0.25) is 4.79 Å². The third kappa shape index (κ3) is 4.89. The maximum atomic E-state index is 13.1. The number of amides is 1. The molecule has 1 aliphatic rings. The van der Waals surface area contributed by atoms with Crippen LogP contribution in [-0.4, -0.2) is 31.4 Å².